The van der Waals surface area contributed by atoms with Gasteiger partial charge in [0.15, 0.2) is 11.3 Å². The van der Waals surface area contributed by atoms with Gasteiger partial charge in [0.1, 0.15) is 23.5 Å². The molecule has 1 aliphatic carbocycles. The van der Waals surface area contributed by atoms with Crippen molar-refractivity contribution in [3.63, 3.8) is 0 Å². The number of amides is 3. The van der Waals surface area contributed by atoms with Crippen LogP contribution >= 0.6 is 0 Å². The molecule has 1 aliphatic rings. The summed E-state index contributed by atoms with van der Waals surface area (Å²) < 4.78 is 15.8. The largest absolute Gasteiger partial charge is 0.349 e. The quantitative estimate of drug-likeness (QED) is 0.132. The number of anilines is 2. The van der Waals surface area contributed by atoms with Crippen LogP contribution in [0.2, 0.25) is 0 Å². The molecule has 6 aromatic rings. The molecule has 0 aliphatic heterocycles. The molecule has 1 atom stereocenters. The van der Waals surface area contributed by atoms with Crippen LogP contribution in [0.15, 0.2) is 71.2 Å². The SMILES string of the molecule is C=CNC(=O)c1ncn2c(C(=O)NCc3ccc(F)c(Nc4c(C)c(=O)c4=O)c3)cc(C(=O)N[C@H]3CCc4cc(-c5nn[nH]n5)ccc43)nc12. The molecule has 0 spiro atoms. The van der Waals surface area contributed by atoms with Crippen LogP contribution in [-0.2, 0) is 13.0 Å². The average molecular weight is 676 g/mol. The number of carbonyl (C=O) groups is 3. The van der Waals surface area contributed by atoms with Gasteiger partial charge in [0.05, 0.1) is 17.4 Å². The number of halogens is 1. The number of hydrogen-bond acceptors (Lipinski definition) is 11. The molecule has 0 bridgehead atoms. The van der Waals surface area contributed by atoms with Gasteiger partial charge in [-0.1, -0.05) is 24.8 Å². The lowest BCUT2D eigenvalue weighted by Gasteiger charge is -2.15. The maximum absolute atomic E-state index is 14.6. The molecule has 0 saturated heterocycles. The summed E-state index contributed by atoms with van der Waals surface area (Å²) in [5, 5.41) is 24.8. The zero-order chi connectivity index (χ0) is 35.1. The third-order valence-electron chi connectivity index (χ3n) is 8.44. The highest BCUT2D eigenvalue weighted by Gasteiger charge is 2.28. The van der Waals surface area contributed by atoms with E-state index in [-0.39, 0.29) is 52.3 Å². The third-order valence-corrected chi connectivity index (χ3v) is 8.44. The van der Waals surface area contributed by atoms with E-state index in [1.54, 1.807) is 0 Å². The molecule has 3 aromatic heterocycles. The lowest BCUT2D eigenvalue weighted by molar-refractivity contribution is 0.0928. The number of nitrogens with zero attached hydrogens (tertiary/aromatic N) is 6. The topological polar surface area (TPSA) is 218 Å². The van der Waals surface area contributed by atoms with Crippen molar-refractivity contribution in [1.82, 2.24) is 50.9 Å². The normalized spacial score (nSPS) is 13.6. The van der Waals surface area contributed by atoms with Gasteiger partial charge in [0.25, 0.3) is 17.7 Å². The van der Waals surface area contributed by atoms with Crippen molar-refractivity contribution in [2.45, 2.75) is 32.4 Å². The van der Waals surface area contributed by atoms with Crippen molar-refractivity contribution in [3.05, 3.63) is 127 Å². The van der Waals surface area contributed by atoms with Crippen LogP contribution < -0.4 is 32.1 Å². The number of aryl methyl sites for hydroxylation is 1. The fraction of sp³-hybridized carbons (Fsp3) is 0.152. The van der Waals surface area contributed by atoms with Crippen LogP contribution in [0.3, 0.4) is 0 Å². The molecule has 3 heterocycles. The molecule has 0 unspecified atom stereocenters. The van der Waals surface area contributed by atoms with Crippen molar-refractivity contribution in [1.29, 1.82) is 0 Å². The summed E-state index contributed by atoms with van der Waals surface area (Å²) in [6.45, 7) is 4.86. The Hall–Kier alpha value is -6.91. The Labute approximate surface area is 280 Å². The van der Waals surface area contributed by atoms with Gasteiger partial charge < -0.3 is 21.3 Å². The third kappa shape index (κ3) is 5.65. The first-order valence-corrected chi connectivity index (χ1v) is 15.2. The van der Waals surface area contributed by atoms with E-state index in [1.807, 2.05) is 18.2 Å². The standard InChI is InChI=1S/C33H26FN11O5/c1-3-35-33(50)26-30-39-23(31(48)40-21-9-6-17-11-18(5-7-19(17)21)29-41-43-44-42-29)12-24(45(30)14-37-26)32(49)36-13-16-4-8-20(34)22(10-16)38-25-15(2)27(46)28(25)47/h3-5,7-8,10-12,14,21,38H,1,6,9,13H2,2H3,(H,35,50)(H,36,49)(H,40,48)(H,41,42,43,44)/t21-/m0/s1. The Morgan fingerprint density at radius 1 is 1.08 bits per heavy atom. The van der Waals surface area contributed by atoms with Gasteiger partial charge in [0.2, 0.25) is 16.7 Å². The first kappa shape index (κ1) is 31.7. The zero-order valence-electron chi connectivity index (χ0n) is 26.2. The molecule has 50 heavy (non-hydrogen) atoms. The number of rotatable bonds is 10. The summed E-state index contributed by atoms with van der Waals surface area (Å²) in [5.74, 6) is -2.10. The Balaban J connectivity index is 1.15. The number of H-pyrrole nitrogens is 1. The highest BCUT2D eigenvalue weighted by Crippen LogP contribution is 2.33. The van der Waals surface area contributed by atoms with Crippen LogP contribution in [-0.4, -0.2) is 52.7 Å². The minimum atomic E-state index is -0.740. The van der Waals surface area contributed by atoms with E-state index < -0.39 is 34.4 Å². The monoisotopic (exact) mass is 675 g/mol. The molecular weight excluding hydrogens is 649 g/mol. The van der Waals surface area contributed by atoms with Gasteiger partial charge in [-0.15, -0.1) is 10.2 Å². The first-order valence-electron chi connectivity index (χ1n) is 15.2. The molecule has 0 radical (unpaired) electrons. The van der Waals surface area contributed by atoms with Crippen molar-refractivity contribution in [3.8, 4) is 11.4 Å². The van der Waals surface area contributed by atoms with Crippen molar-refractivity contribution in [2.24, 2.45) is 0 Å². The van der Waals surface area contributed by atoms with Crippen LogP contribution in [0.25, 0.3) is 17.0 Å². The Kier molecular flexibility index (Phi) is 7.98. The van der Waals surface area contributed by atoms with E-state index in [0.717, 1.165) is 22.8 Å². The van der Waals surface area contributed by atoms with Gasteiger partial charge in [-0.25, -0.2) is 14.4 Å². The van der Waals surface area contributed by atoms with E-state index >= 15 is 0 Å². The van der Waals surface area contributed by atoms with Crippen molar-refractivity contribution >= 4 is 34.7 Å². The fourth-order valence-corrected chi connectivity index (χ4v) is 5.85. The number of hydrogen-bond donors (Lipinski definition) is 5. The van der Waals surface area contributed by atoms with Crippen LogP contribution in [0.4, 0.5) is 15.8 Å². The lowest BCUT2D eigenvalue weighted by Crippen LogP contribution is -2.36. The van der Waals surface area contributed by atoms with E-state index in [0.29, 0.717) is 24.2 Å². The summed E-state index contributed by atoms with van der Waals surface area (Å²) >= 11 is 0. The molecule has 0 fully saturated rings. The molecule has 7 rings (SSSR count). The molecule has 250 valence electrons. The van der Waals surface area contributed by atoms with Crippen LogP contribution in [0, 0.1) is 12.7 Å². The summed E-state index contributed by atoms with van der Waals surface area (Å²) in [7, 11) is 0. The number of aromatic amines is 1. The van der Waals surface area contributed by atoms with Gasteiger partial charge in [-0.05, 0) is 72.1 Å². The number of aromatic nitrogens is 7. The van der Waals surface area contributed by atoms with Gasteiger partial charge in [0, 0.05) is 17.7 Å². The van der Waals surface area contributed by atoms with Crippen molar-refractivity contribution < 1.29 is 18.8 Å². The number of imidazole rings is 1. The van der Waals surface area contributed by atoms with Gasteiger partial charge >= 0.3 is 0 Å². The molecular formula is C33H26FN11O5. The Bertz CT molecular complexity index is 2430. The van der Waals surface area contributed by atoms with E-state index in [1.165, 1.54) is 42.1 Å². The van der Waals surface area contributed by atoms with Crippen LogP contribution in [0.5, 0.6) is 0 Å². The number of tetrazole rings is 1. The van der Waals surface area contributed by atoms with Gasteiger partial charge in [-0.2, -0.15) is 5.21 Å². The lowest BCUT2D eigenvalue weighted by atomic mass is 10.0. The van der Waals surface area contributed by atoms with Gasteiger partial charge in [-0.3, -0.25) is 28.4 Å². The summed E-state index contributed by atoms with van der Waals surface area (Å²) in [5.41, 5.74) is 1.56. The Morgan fingerprint density at radius 3 is 2.68 bits per heavy atom. The highest BCUT2D eigenvalue weighted by molar-refractivity contribution is 6.02. The van der Waals surface area contributed by atoms with E-state index in [4.69, 9.17) is 0 Å². The van der Waals surface area contributed by atoms with Crippen molar-refractivity contribution in [2.75, 3.05) is 5.32 Å². The molecule has 5 N–H and O–H groups in total. The summed E-state index contributed by atoms with van der Waals surface area (Å²) in [6, 6.07) is 10.6. The number of fused-ring (bicyclic) bond motifs is 2. The number of carbonyl (C=O) groups excluding carboxylic acids is 3. The molecule has 3 amide bonds. The molecule has 16 nitrogen and oxygen atoms in total. The van der Waals surface area contributed by atoms with E-state index in [2.05, 4.69) is 58.4 Å². The smallest absolute Gasteiger partial charge is 0.277 e. The summed E-state index contributed by atoms with van der Waals surface area (Å²) in [4.78, 5) is 72.0. The minimum Gasteiger partial charge on any atom is -0.349 e. The Morgan fingerprint density at radius 2 is 1.92 bits per heavy atom. The van der Waals surface area contributed by atoms with E-state index in [9.17, 15) is 28.4 Å². The average Bonchev–Trinajstić information content (AvgIpc) is 3.90. The first-order chi connectivity index (χ1) is 24.1. The zero-order valence-corrected chi connectivity index (χ0v) is 26.2. The predicted molar refractivity (Wildman–Crippen MR) is 176 cm³/mol. The molecule has 0 saturated carbocycles. The summed E-state index contributed by atoms with van der Waals surface area (Å²) in [6.07, 6.45) is 3.70. The minimum absolute atomic E-state index is 0.00571. The fourth-order valence-electron chi connectivity index (χ4n) is 5.85. The van der Waals surface area contributed by atoms with Crippen LogP contribution in [0.1, 0.15) is 66.2 Å². The molecule has 17 heteroatoms. The second-order valence-corrected chi connectivity index (χ2v) is 11.5. The maximum Gasteiger partial charge on any atom is 0.277 e. The molecule has 3 aromatic carbocycles. The highest BCUT2D eigenvalue weighted by atomic mass is 19.1. The second-order valence-electron chi connectivity index (χ2n) is 11.5. The maximum atomic E-state index is 14.6. The predicted octanol–water partition coefficient (Wildman–Crippen LogP) is 1.92. The number of nitrogens with one attached hydrogen (secondary N) is 5. The number of benzene rings is 2. The second kappa shape index (κ2) is 12.6.